The third-order valence-electron chi connectivity index (χ3n) is 3.83. The second-order valence-corrected chi connectivity index (χ2v) is 6.54. The van der Waals surface area contributed by atoms with E-state index in [0.717, 1.165) is 36.5 Å². The van der Waals surface area contributed by atoms with Gasteiger partial charge in [-0.05, 0) is 50.2 Å². The number of hydrogen-bond acceptors (Lipinski definition) is 3. The van der Waals surface area contributed by atoms with E-state index >= 15 is 0 Å². The van der Waals surface area contributed by atoms with Crippen molar-refractivity contribution in [2.45, 2.75) is 22.6 Å². The molecule has 0 saturated carbocycles. The summed E-state index contributed by atoms with van der Waals surface area (Å²) >= 11 is 1.68. The topological polar surface area (TPSA) is 41.1 Å². The first-order valence-electron chi connectivity index (χ1n) is 7.66. The fourth-order valence-corrected chi connectivity index (χ4v) is 3.52. The number of nitrogens with one attached hydrogen (secondary N) is 2. The minimum absolute atomic E-state index is 0.121. The summed E-state index contributed by atoms with van der Waals surface area (Å²) < 4.78 is 0. The zero-order chi connectivity index (χ0) is 15.2. The van der Waals surface area contributed by atoms with Gasteiger partial charge >= 0.3 is 0 Å². The van der Waals surface area contributed by atoms with E-state index in [1.165, 1.54) is 4.90 Å². The predicted molar refractivity (Wildman–Crippen MR) is 91.2 cm³/mol. The van der Waals surface area contributed by atoms with Crippen LogP contribution in [0.4, 0.5) is 5.69 Å². The molecule has 3 nitrogen and oxygen atoms in total. The lowest BCUT2D eigenvalue weighted by Gasteiger charge is -2.22. The van der Waals surface area contributed by atoms with Gasteiger partial charge in [-0.15, -0.1) is 0 Å². The third kappa shape index (κ3) is 3.90. The minimum atomic E-state index is 0.121. The lowest BCUT2D eigenvalue weighted by atomic mass is 9.97. The molecular weight excluding hydrogens is 292 g/mol. The highest BCUT2D eigenvalue weighted by molar-refractivity contribution is 7.99. The van der Waals surface area contributed by atoms with Crippen molar-refractivity contribution in [2.75, 3.05) is 18.4 Å². The standard InChI is InChI=1S/C18H20N2OS/c21-18(14-10-12-19-13-11-14)20-16-8-4-5-9-17(16)22-15-6-2-1-3-7-15/h1-9,14,19H,10-13H2,(H,20,21). The molecule has 0 atom stereocenters. The van der Waals surface area contributed by atoms with Crippen LogP contribution in [0.5, 0.6) is 0 Å². The van der Waals surface area contributed by atoms with Gasteiger partial charge in [0, 0.05) is 15.7 Å². The van der Waals surface area contributed by atoms with Crippen molar-refractivity contribution in [2.24, 2.45) is 5.92 Å². The molecule has 0 aromatic heterocycles. The molecule has 1 fully saturated rings. The van der Waals surface area contributed by atoms with Crippen LogP contribution >= 0.6 is 11.8 Å². The van der Waals surface area contributed by atoms with Gasteiger partial charge in [-0.3, -0.25) is 4.79 Å². The molecule has 22 heavy (non-hydrogen) atoms. The first-order chi connectivity index (χ1) is 10.8. The van der Waals surface area contributed by atoms with Crippen LogP contribution in [0.15, 0.2) is 64.4 Å². The zero-order valence-electron chi connectivity index (χ0n) is 12.4. The number of amides is 1. The Labute approximate surface area is 135 Å². The molecule has 2 N–H and O–H groups in total. The van der Waals surface area contributed by atoms with Crippen molar-refractivity contribution in [3.63, 3.8) is 0 Å². The number of piperidine rings is 1. The number of benzene rings is 2. The summed E-state index contributed by atoms with van der Waals surface area (Å²) in [4.78, 5) is 14.7. The van der Waals surface area contributed by atoms with Gasteiger partial charge in [0.1, 0.15) is 0 Å². The monoisotopic (exact) mass is 312 g/mol. The normalized spacial score (nSPS) is 15.5. The summed E-state index contributed by atoms with van der Waals surface area (Å²) in [5.41, 5.74) is 0.903. The van der Waals surface area contributed by atoms with E-state index in [9.17, 15) is 4.79 Å². The van der Waals surface area contributed by atoms with Crippen LogP contribution in [0.1, 0.15) is 12.8 Å². The number of carbonyl (C=O) groups excluding carboxylic acids is 1. The largest absolute Gasteiger partial charge is 0.325 e. The number of carbonyl (C=O) groups is 1. The molecular formula is C18H20N2OS. The summed E-state index contributed by atoms with van der Waals surface area (Å²) in [6, 6.07) is 18.2. The molecule has 0 bridgehead atoms. The molecule has 1 amide bonds. The molecule has 4 heteroatoms. The Kier molecular flexibility index (Phi) is 5.14. The van der Waals surface area contributed by atoms with E-state index in [-0.39, 0.29) is 11.8 Å². The van der Waals surface area contributed by atoms with Gasteiger partial charge in [0.05, 0.1) is 5.69 Å². The maximum absolute atomic E-state index is 12.4. The van der Waals surface area contributed by atoms with Crippen LogP contribution < -0.4 is 10.6 Å². The lowest BCUT2D eigenvalue weighted by Crippen LogP contribution is -2.34. The summed E-state index contributed by atoms with van der Waals surface area (Å²) in [5, 5.41) is 6.41. The summed E-state index contributed by atoms with van der Waals surface area (Å²) in [7, 11) is 0. The Morgan fingerprint density at radius 1 is 1.00 bits per heavy atom. The van der Waals surface area contributed by atoms with Crippen molar-refractivity contribution in [3.05, 3.63) is 54.6 Å². The van der Waals surface area contributed by atoms with Gasteiger partial charge in [0.25, 0.3) is 0 Å². The molecule has 0 spiro atoms. The fraction of sp³-hybridized carbons (Fsp3) is 0.278. The van der Waals surface area contributed by atoms with Crippen molar-refractivity contribution in [3.8, 4) is 0 Å². The van der Waals surface area contributed by atoms with Crippen LogP contribution in [-0.4, -0.2) is 19.0 Å². The van der Waals surface area contributed by atoms with E-state index in [0.29, 0.717) is 0 Å². The second-order valence-electron chi connectivity index (χ2n) is 5.42. The quantitative estimate of drug-likeness (QED) is 0.903. The van der Waals surface area contributed by atoms with Gasteiger partial charge < -0.3 is 10.6 Å². The summed E-state index contributed by atoms with van der Waals surface area (Å²) in [6.45, 7) is 1.86. The first kappa shape index (κ1) is 15.1. The lowest BCUT2D eigenvalue weighted by molar-refractivity contribution is -0.120. The Bertz CT molecular complexity index is 624. The number of rotatable bonds is 4. The molecule has 1 heterocycles. The summed E-state index contributed by atoms with van der Waals surface area (Å²) in [5.74, 6) is 0.263. The number of anilines is 1. The molecule has 3 rings (SSSR count). The highest BCUT2D eigenvalue weighted by Crippen LogP contribution is 2.33. The third-order valence-corrected chi connectivity index (χ3v) is 4.91. The van der Waals surface area contributed by atoms with Crippen molar-refractivity contribution >= 4 is 23.4 Å². The molecule has 1 aliphatic heterocycles. The van der Waals surface area contributed by atoms with E-state index in [4.69, 9.17) is 0 Å². The minimum Gasteiger partial charge on any atom is -0.325 e. The highest BCUT2D eigenvalue weighted by atomic mass is 32.2. The molecule has 2 aromatic rings. The van der Waals surface area contributed by atoms with E-state index in [1.807, 2.05) is 36.4 Å². The number of hydrogen-bond donors (Lipinski definition) is 2. The SMILES string of the molecule is O=C(Nc1ccccc1Sc1ccccc1)C1CCNCC1. The van der Waals surface area contributed by atoms with Gasteiger partial charge in [-0.25, -0.2) is 0 Å². The van der Waals surface area contributed by atoms with Gasteiger partial charge in [0.15, 0.2) is 0 Å². The van der Waals surface area contributed by atoms with Crippen molar-refractivity contribution in [1.29, 1.82) is 0 Å². The molecule has 1 aliphatic rings. The molecule has 114 valence electrons. The van der Waals surface area contributed by atoms with E-state index < -0.39 is 0 Å². The highest BCUT2D eigenvalue weighted by Gasteiger charge is 2.21. The molecule has 0 radical (unpaired) electrons. The van der Waals surface area contributed by atoms with E-state index in [2.05, 4.69) is 28.8 Å². The van der Waals surface area contributed by atoms with Crippen molar-refractivity contribution in [1.82, 2.24) is 5.32 Å². The summed E-state index contributed by atoms with van der Waals surface area (Å²) in [6.07, 6.45) is 1.83. The Hall–Kier alpha value is -1.78. The maximum Gasteiger partial charge on any atom is 0.227 e. The second kappa shape index (κ2) is 7.47. The Morgan fingerprint density at radius 2 is 1.68 bits per heavy atom. The average molecular weight is 312 g/mol. The molecule has 1 saturated heterocycles. The maximum atomic E-state index is 12.4. The smallest absolute Gasteiger partial charge is 0.227 e. The average Bonchev–Trinajstić information content (AvgIpc) is 2.58. The van der Waals surface area contributed by atoms with Crippen LogP contribution in [-0.2, 0) is 4.79 Å². The molecule has 0 unspecified atom stereocenters. The van der Waals surface area contributed by atoms with Gasteiger partial charge in [-0.2, -0.15) is 0 Å². The van der Waals surface area contributed by atoms with E-state index in [1.54, 1.807) is 11.8 Å². The Morgan fingerprint density at radius 3 is 2.45 bits per heavy atom. The van der Waals surface area contributed by atoms with Crippen LogP contribution in [0, 0.1) is 5.92 Å². The first-order valence-corrected chi connectivity index (χ1v) is 8.48. The zero-order valence-corrected chi connectivity index (χ0v) is 13.2. The van der Waals surface area contributed by atoms with Gasteiger partial charge in [-0.1, -0.05) is 42.1 Å². The van der Waals surface area contributed by atoms with Crippen LogP contribution in [0.3, 0.4) is 0 Å². The number of para-hydroxylation sites is 1. The molecule has 2 aromatic carbocycles. The van der Waals surface area contributed by atoms with Crippen LogP contribution in [0.2, 0.25) is 0 Å². The Balaban J connectivity index is 1.72. The fourth-order valence-electron chi connectivity index (χ4n) is 2.59. The molecule has 0 aliphatic carbocycles. The predicted octanol–water partition coefficient (Wildman–Crippen LogP) is 3.78. The van der Waals surface area contributed by atoms with Crippen LogP contribution in [0.25, 0.3) is 0 Å². The van der Waals surface area contributed by atoms with Crippen molar-refractivity contribution < 1.29 is 4.79 Å². The van der Waals surface area contributed by atoms with Gasteiger partial charge in [0.2, 0.25) is 5.91 Å².